The second kappa shape index (κ2) is 2.77. The van der Waals surface area contributed by atoms with Gasteiger partial charge < -0.3 is 5.21 Å². The molecule has 0 bridgehead atoms. The van der Waals surface area contributed by atoms with Gasteiger partial charge in [-0.25, -0.2) is 13.2 Å². The molecule has 1 atom stereocenters. The Bertz CT molecular complexity index is 291. The zero-order chi connectivity index (χ0) is 9.41. The molecular weight excluding hydrogens is 184 g/mol. The summed E-state index contributed by atoms with van der Waals surface area (Å²) >= 11 is 0. The predicted molar refractivity (Wildman–Crippen MR) is 41.6 cm³/mol. The van der Waals surface area contributed by atoms with Gasteiger partial charge in [0, 0.05) is 0 Å². The molecule has 1 amide bonds. The maximum Gasteiger partial charge on any atom is 0.432 e. The van der Waals surface area contributed by atoms with E-state index in [0.717, 1.165) is 6.26 Å². The highest BCUT2D eigenvalue weighted by atomic mass is 32.2. The van der Waals surface area contributed by atoms with Crippen LogP contribution in [0, 0.1) is 5.21 Å². The molecule has 6 nitrogen and oxygen atoms in total. The molecule has 1 rings (SSSR count). The highest BCUT2D eigenvalue weighted by Gasteiger charge is 2.38. The van der Waals surface area contributed by atoms with Gasteiger partial charge in [0.2, 0.25) is 0 Å². The Morgan fingerprint density at radius 1 is 1.58 bits per heavy atom. The standard InChI is InChI=1S/C5H10N2O4S/c1-12(10,11)5(8)7(9)3-2-6-4-7/h6H,2-4H2,1H3. The van der Waals surface area contributed by atoms with Crippen LogP contribution in [0.3, 0.4) is 0 Å². The van der Waals surface area contributed by atoms with Crippen molar-refractivity contribution in [3.63, 3.8) is 0 Å². The second-order valence-corrected chi connectivity index (χ2v) is 4.70. The fourth-order valence-corrected chi connectivity index (χ4v) is 1.82. The van der Waals surface area contributed by atoms with Crippen molar-refractivity contribution >= 4 is 15.1 Å². The van der Waals surface area contributed by atoms with Gasteiger partial charge in [-0.15, -0.1) is 0 Å². The zero-order valence-corrected chi connectivity index (χ0v) is 7.43. The zero-order valence-electron chi connectivity index (χ0n) is 6.61. The second-order valence-electron chi connectivity index (χ2n) is 2.81. The van der Waals surface area contributed by atoms with Crippen LogP contribution >= 0.6 is 0 Å². The summed E-state index contributed by atoms with van der Waals surface area (Å²) < 4.78 is 20.2. The smallest absolute Gasteiger partial charge is 0.432 e. The summed E-state index contributed by atoms with van der Waals surface area (Å²) in [6, 6.07) is 0. The van der Waals surface area contributed by atoms with Crippen molar-refractivity contribution in [2.75, 3.05) is 26.0 Å². The van der Waals surface area contributed by atoms with Gasteiger partial charge in [-0.05, 0) is 0 Å². The number of carbonyl (C=O) groups excluding carboxylic acids is 1. The molecule has 0 aromatic rings. The number of carbonyl (C=O) groups is 1. The van der Waals surface area contributed by atoms with Crippen molar-refractivity contribution in [1.29, 1.82) is 0 Å². The number of nitrogens with one attached hydrogen (secondary N) is 1. The molecule has 1 unspecified atom stereocenters. The van der Waals surface area contributed by atoms with Crippen LogP contribution < -0.4 is 5.32 Å². The van der Waals surface area contributed by atoms with Crippen LogP contribution in [0.1, 0.15) is 0 Å². The molecule has 0 aromatic carbocycles. The molecule has 1 saturated heterocycles. The highest BCUT2D eigenvalue weighted by molar-refractivity contribution is 8.05. The molecule has 12 heavy (non-hydrogen) atoms. The average molecular weight is 194 g/mol. The van der Waals surface area contributed by atoms with Gasteiger partial charge in [0.15, 0.2) is 0 Å². The Morgan fingerprint density at radius 2 is 2.17 bits per heavy atom. The van der Waals surface area contributed by atoms with Crippen molar-refractivity contribution in [2.45, 2.75) is 0 Å². The third-order valence-corrected chi connectivity index (χ3v) is 2.63. The van der Waals surface area contributed by atoms with E-state index in [9.17, 15) is 18.4 Å². The molecule has 1 N–H and O–H groups in total. The van der Waals surface area contributed by atoms with Crippen LogP contribution in [-0.4, -0.2) is 44.3 Å². The molecule has 1 aliphatic heterocycles. The van der Waals surface area contributed by atoms with Gasteiger partial charge in [0.25, 0.3) is 9.84 Å². The lowest BCUT2D eigenvalue weighted by Crippen LogP contribution is -2.48. The molecule has 0 spiro atoms. The fraction of sp³-hybridized carbons (Fsp3) is 0.800. The van der Waals surface area contributed by atoms with Crippen molar-refractivity contribution in [2.24, 2.45) is 0 Å². The van der Waals surface area contributed by atoms with Gasteiger partial charge in [-0.1, -0.05) is 0 Å². The van der Waals surface area contributed by atoms with Gasteiger partial charge >= 0.3 is 5.24 Å². The van der Waals surface area contributed by atoms with Gasteiger partial charge in [-0.3, -0.25) is 9.96 Å². The van der Waals surface area contributed by atoms with Crippen molar-refractivity contribution in [1.82, 2.24) is 5.32 Å². The molecule has 1 fully saturated rings. The first kappa shape index (κ1) is 9.59. The fourth-order valence-electron chi connectivity index (χ4n) is 1.06. The summed E-state index contributed by atoms with van der Waals surface area (Å²) in [5.41, 5.74) is 0. The van der Waals surface area contributed by atoms with Gasteiger partial charge in [0.05, 0.1) is 12.8 Å². The largest absolute Gasteiger partial charge is 0.623 e. The van der Waals surface area contributed by atoms with E-state index in [4.69, 9.17) is 0 Å². The summed E-state index contributed by atoms with van der Waals surface area (Å²) in [5.74, 6) is 0. The lowest BCUT2D eigenvalue weighted by Gasteiger charge is -2.32. The molecule has 0 aromatic heterocycles. The first-order chi connectivity index (χ1) is 5.36. The third kappa shape index (κ3) is 1.63. The maximum atomic E-state index is 11.4. The summed E-state index contributed by atoms with van der Waals surface area (Å²) in [7, 11) is -3.86. The summed E-state index contributed by atoms with van der Waals surface area (Å²) in [4.78, 5) is 11.0. The van der Waals surface area contributed by atoms with E-state index in [-0.39, 0.29) is 13.2 Å². The maximum absolute atomic E-state index is 11.4. The van der Waals surface area contributed by atoms with E-state index in [1.165, 1.54) is 0 Å². The SMILES string of the molecule is CS(=O)(=O)C(=O)[N+]1([O-])CCNC1. The van der Waals surface area contributed by atoms with Gasteiger partial charge in [0.1, 0.15) is 13.2 Å². The minimum atomic E-state index is -3.86. The molecule has 1 aliphatic rings. The Balaban J connectivity index is 2.90. The molecule has 70 valence electrons. The van der Waals surface area contributed by atoms with Crippen molar-refractivity contribution < 1.29 is 17.9 Å². The average Bonchev–Trinajstić information content (AvgIpc) is 2.34. The molecule has 7 heteroatoms. The Labute approximate surface area is 70.2 Å². The molecule has 0 radical (unpaired) electrons. The van der Waals surface area contributed by atoms with Crippen LogP contribution in [-0.2, 0) is 9.84 Å². The third-order valence-electron chi connectivity index (χ3n) is 1.67. The highest BCUT2D eigenvalue weighted by Crippen LogP contribution is 2.12. The van der Waals surface area contributed by atoms with E-state index in [1.807, 2.05) is 0 Å². The van der Waals surface area contributed by atoms with Crippen LogP contribution in [0.15, 0.2) is 0 Å². The molecular formula is C5H10N2O4S. The van der Waals surface area contributed by atoms with E-state index in [2.05, 4.69) is 5.32 Å². The normalized spacial score (nSPS) is 30.5. The first-order valence-corrected chi connectivity index (χ1v) is 5.29. The predicted octanol–water partition coefficient (Wildman–Crippen LogP) is -0.974. The van der Waals surface area contributed by atoms with Gasteiger partial charge in [-0.2, -0.15) is 0 Å². The minimum absolute atomic E-state index is 0.00803. The van der Waals surface area contributed by atoms with E-state index in [0.29, 0.717) is 6.54 Å². The van der Waals surface area contributed by atoms with E-state index >= 15 is 0 Å². The van der Waals surface area contributed by atoms with Crippen molar-refractivity contribution in [3.8, 4) is 0 Å². The Morgan fingerprint density at radius 3 is 2.50 bits per heavy atom. The summed E-state index contributed by atoms with van der Waals surface area (Å²) in [6.45, 7) is 0.225. The number of nitrogens with zero attached hydrogens (tertiary/aromatic N) is 1. The lowest BCUT2D eigenvalue weighted by atomic mass is 10.6. The Kier molecular flexibility index (Phi) is 2.21. The molecule has 1 heterocycles. The number of amides is 1. The molecule has 0 aliphatic carbocycles. The van der Waals surface area contributed by atoms with Crippen molar-refractivity contribution in [3.05, 3.63) is 5.21 Å². The summed E-state index contributed by atoms with van der Waals surface area (Å²) in [5, 5.41) is 12.8. The monoisotopic (exact) mass is 194 g/mol. The number of quaternary nitrogens is 1. The molecule has 0 saturated carbocycles. The van der Waals surface area contributed by atoms with Crippen LogP contribution in [0.5, 0.6) is 0 Å². The quantitative estimate of drug-likeness (QED) is 0.396. The number of hydroxylamine groups is 3. The van der Waals surface area contributed by atoms with E-state index < -0.39 is 19.7 Å². The number of hydrogen-bond acceptors (Lipinski definition) is 5. The number of sulfone groups is 1. The summed E-state index contributed by atoms with van der Waals surface area (Å²) in [6.07, 6.45) is 0.756. The lowest BCUT2D eigenvalue weighted by molar-refractivity contribution is -0.779. The van der Waals surface area contributed by atoms with Crippen LogP contribution in [0.4, 0.5) is 4.79 Å². The first-order valence-electron chi connectivity index (χ1n) is 3.40. The van der Waals surface area contributed by atoms with Crippen LogP contribution in [0.25, 0.3) is 0 Å². The number of rotatable bonds is 0. The Hall–Kier alpha value is -0.500. The van der Waals surface area contributed by atoms with E-state index in [1.54, 1.807) is 0 Å². The topological polar surface area (TPSA) is 86.3 Å². The van der Waals surface area contributed by atoms with Crippen LogP contribution in [0.2, 0.25) is 0 Å². The number of hydrogen-bond donors (Lipinski definition) is 1. The minimum Gasteiger partial charge on any atom is -0.623 e.